The third-order valence-corrected chi connectivity index (χ3v) is 3.15. The van der Waals surface area contributed by atoms with Crippen LogP contribution in [0, 0.1) is 12.8 Å². The zero-order valence-electron chi connectivity index (χ0n) is 10.1. The number of anilines is 1. The van der Waals surface area contributed by atoms with E-state index in [9.17, 15) is 0 Å². The van der Waals surface area contributed by atoms with Gasteiger partial charge in [0.05, 0.1) is 0 Å². The van der Waals surface area contributed by atoms with Gasteiger partial charge in [0.1, 0.15) is 0 Å². The molecule has 0 radical (unpaired) electrons. The van der Waals surface area contributed by atoms with E-state index < -0.39 is 0 Å². The van der Waals surface area contributed by atoms with Gasteiger partial charge in [-0.3, -0.25) is 0 Å². The topological polar surface area (TPSA) is 41.0 Å². The molecule has 88 valence electrons. The highest BCUT2D eigenvalue weighted by Gasteiger charge is 2.20. The lowest BCUT2D eigenvalue weighted by atomic mass is 10.1. The Labute approximate surface area is 97.1 Å². The third-order valence-electron chi connectivity index (χ3n) is 3.15. The number of rotatable bonds is 4. The van der Waals surface area contributed by atoms with Gasteiger partial charge in [-0.25, -0.2) is 9.97 Å². The Balaban J connectivity index is 1.77. The summed E-state index contributed by atoms with van der Waals surface area (Å²) >= 11 is 0. The summed E-state index contributed by atoms with van der Waals surface area (Å²) in [7, 11) is 0. The Hall–Kier alpha value is -1.16. The van der Waals surface area contributed by atoms with Crippen LogP contribution in [0.2, 0.25) is 0 Å². The lowest BCUT2D eigenvalue weighted by molar-refractivity contribution is 0.345. The molecule has 16 heavy (non-hydrogen) atoms. The molecule has 2 rings (SSSR count). The van der Waals surface area contributed by atoms with Gasteiger partial charge in [0.2, 0.25) is 5.95 Å². The summed E-state index contributed by atoms with van der Waals surface area (Å²) in [6, 6.07) is 0. The van der Waals surface area contributed by atoms with Crippen molar-refractivity contribution in [3.05, 3.63) is 18.0 Å². The number of hydrogen-bond donors (Lipinski definition) is 1. The average molecular weight is 220 g/mol. The minimum absolute atomic E-state index is 0.741. The molecule has 0 aromatic carbocycles. The van der Waals surface area contributed by atoms with Crippen LogP contribution in [0.1, 0.15) is 18.9 Å². The SMILES string of the molecule is CCN1CCC(CNc2ncc(C)cn2)C1. The Morgan fingerprint density at radius 3 is 2.81 bits per heavy atom. The molecule has 1 unspecified atom stereocenters. The third kappa shape index (κ3) is 2.92. The summed E-state index contributed by atoms with van der Waals surface area (Å²) in [4.78, 5) is 11.0. The highest BCUT2D eigenvalue weighted by atomic mass is 15.2. The average Bonchev–Trinajstić information content (AvgIpc) is 2.76. The molecule has 1 aromatic rings. The van der Waals surface area contributed by atoms with Crippen molar-refractivity contribution in [1.82, 2.24) is 14.9 Å². The molecular weight excluding hydrogens is 200 g/mol. The highest BCUT2D eigenvalue weighted by molar-refractivity contribution is 5.24. The molecule has 2 heterocycles. The quantitative estimate of drug-likeness (QED) is 0.835. The minimum atomic E-state index is 0.741. The standard InChI is InChI=1S/C12H20N4/c1-3-16-5-4-11(9-16)8-15-12-13-6-10(2)7-14-12/h6-7,11H,3-5,8-9H2,1-2H3,(H,13,14,15). The highest BCUT2D eigenvalue weighted by Crippen LogP contribution is 2.15. The molecule has 0 aliphatic carbocycles. The first-order valence-corrected chi connectivity index (χ1v) is 6.03. The van der Waals surface area contributed by atoms with Gasteiger partial charge in [-0.15, -0.1) is 0 Å². The monoisotopic (exact) mass is 220 g/mol. The van der Waals surface area contributed by atoms with Crippen molar-refractivity contribution in [3.8, 4) is 0 Å². The van der Waals surface area contributed by atoms with Gasteiger partial charge in [-0.05, 0) is 37.9 Å². The minimum Gasteiger partial charge on any atom is -0.354 e. The summed E-state index contributed by atoms with van der Waals surface area (Å²) in [6.07, 6.45) is 4.98. The second-order valence-corrected chi connectivity index (χ2v) is 4.51. The summed E-state index contributed by atoms with van der Waals surface area (Å²) in [5.41, 5.74) is 1.10. The van der Waals surface area contributed by atoms with Gasteiger partial charge in [0.15, 0.2) is 0 Å². The molecule has 1 aliphatic rings. The largest absolute Gasteiger partial charge is 0.354 e. The normalized spacial score (nSPS) is 21.2. The number of likely N-dealkylation sites (tertiary alicyclic amines) is 1. The maximum absolute atomic E-state index is 4.24. The maximum Gasteiger partial charge on any atom is 0.222 e. The van der Waals surface area contributed by atoms with Gasteiger partial charge in [-0.2, -0.15) is 0 Å². The Kier molecular flexibility index (Phi) is 3.72. The maximum atomic E-state index is 4.24. The van der Waals surface area contributed by atoms with Gasteiger partial charge in [-0.1, -0.05) is 6.92 Å². The van der Waals surface area contributed by atoms with E-state index in [1.165, 1.54) is 19.5 Å². The fourth-order valence-corrected chi connectivity index (χ4v) is 2.09. The Bertz CT molecular complexity index is 322. The van der Waals surface area contributed by atoms with E-state index in [0.29, 0.717) is 0 Å². The van der Waals surface area contributed by atoms with Crippen LogP contribution < -0.4 is 5.32 Å². The van der Waals surface area contributed by atoms with Crippen molar-refractivity contribution in [2.24, 2.45) is 5.92 Å². The molecule has 1 atom stereocenters. The van der Waals surface area contributed by atoms with Crippen molar-refractivity contribution in [1.29, 1.82) is 0 Å². The molecule has 1 aromatic heterocycles. The van der Waals surface area contributed by atoms with Crippen molar-refractivity contribution in [3.63, 3.8) is 0 Å². The number of nitrogens with one attached hydrogen (secondary N) is 1. The number of aryl methyl sites for hydroxylation is 1. The molecule has 4 heteroatoms. The van der Waals surface area contributed by atoms with Crippen LogP contribution in [0.25, 0.3) is 0 Å². The Morgan fingerprint density at radius 1 is 1.44 bits per heavy atom. The number of nitrogens with zero attached hydrogens (tertiary/aromatic N) is 3. The second kappa shape index (κ2) is 5.25. The lowest BCUT2D eigenvalue weighted by Crippen LogP contribution is -2.22. The van der Waals surface area contributed by atoms with Gasteiger partial charge in [0, 0.05) is 25.5 Å². The van der Waals surface area contributed by atoms with Gasteiger partial charge < -0.3 is 10.2 Å². The van der Waals surface area contributed by atoms with Crippen LogP contribution in [0.15, 0.2) is 12.4 Å². The second-order valence-electron chi connectivity index (χ2n) is 4.51. The van der Waals surface area contributed by atoms with Crippen LogP contribution in [0.4, 0.5) is 5.95 Å². The van der Waals surface area contributed by atoms with Crippen LogP contribution in [0.3, 0.4) is 0 Å². The van der Waals surface area contributed by atoms with Gasteiger partial charge in [0.25, 0.3) is 0 Å². The molecule has 0 amide bonds. The fourth-order valence-electron chi connectivity index (χ4n) is 2.09. The zero-order valence-corrected chi connectivity index (χ0v) is 10.1. The van der Waals surface area contributed by atoms with Crippen molar-refractivity contribution in [2.45, 2.75) is 20.3 Å². The molecule has 0 saturated carbocycles. The summed E-state index contributed by atoms with van der Waals surface area (Å²) < 4.78 is 0. The van der Waals surface area contributed by atoms with Crippen molar-refractivity contribution >= 4 is 5.95 Å². The fraction of sp³-hybridized carbons (Fsp3) is 0.667. The van der Waals surface area contributed by atoms with Crippen molar-refractivity contribution < 1.29 is 0 Å². The first kappa shape index (κ1) is 11.3. The molecule has 1 fully saturated rings. The first-order valence-electron chi connectivity index (χ1n) is 6.03. The summed E-state index contributed by atoms with van der Waals surface area (Å²) in [5.74, 6) is 1.49. The molecule has 0 spiro atoms. The van der Waals surface area contributed by atoms with E-state index in [1.807, 2.05) is 19.3 Å². The molecule has 4 nitrogen and oxygen atoms in total. The van der Waals surface area contributed by atoms with Crippen LogP contribution in [-0.4, -0.2) is 41.0 Å². The van der Waals surface area contributed by atoms with Crippen LogP contribution in [-0.2, 0) is 0 Å². The zero-order chi connectivity index (χ0) is 11.4. The van der Waals surface area contributed by atoms with E-state index in [-0.39, 0.29) is 0 Å². The van der Waals surface area contributed by atoms with Crippen LogP contribution in [0.5, 0.6) is 0 Å². The predicted octanol–water partition coefficient (Wildman–Crippen LogP) is 1.54. The smallest absolute Gasteiger partial charge is 0.222 e. The van der Waals surface area contributed by atoms with E-state index in [4.69, 9.17) is 0 Å². The van der Waals surface area contributed by atoms with Crippen molar-refractivity contribution in [2.75, 3.05) is 31.5 Å². The molecular formula is C12H20N4. The number of hydrogen-bond acceptors (Lipinski definition) is 4. The lowest BCUT2D eigenvalue weighted by Gasteiger charge is -2.13. The molecule has 0 bridgehead atoms. The number of aromatic nitrogens is 2. The Morgan fingerprint density at radius 2 is 2.19 bits per heavy atom. The van der Waals surface area contributed by atoms with E-state index in [1.54, 1.807) is 0 Å². The molecule has 1 aliphatic heterocycles. The van der Waals surface area contributed by atoms with Gasteiger partial charge >= 0.3 is 0 Å². The molecule has 1 saturated heterocycles. The van der Waals surface area contributed by atoms with E-state index >= 15 is 0 Å². The summed E-state index contributed by atoms with van der Waals surface area (Å²) in [6.45, 7) is 8.81. The first-order chi connectivity index (χ1) is 7.78. The van der Waals surface area contributed by atoms with Crippen LogP contribution >= 0.6 is 0 Å². The summed E-state index contributed by atoms with van der Waals surface area (Å²) in [5, 5.41) is 3.31. The predicted molar refractivity (Wildman–Crippen MR) is 65.5 cm³/mol. The van der Waals surface area contributed by atoms with E-state index in [2.05, 4.69) is 27.1 Å². The van der Waals surface area contributed by atoms with E-state index in [0.717, 1.165) is 30.5 Å². The molecule has 1 N–H and O–H groups in total.